The van der Waals surface area contributed by atoms with Crippen molar-refractivity contribution in [2.24, 2.45) is 0 Å². The summed E-state index contributed by atoms with van der Waals surface area (Å²) in [6.07, 6.45) is -0.529. The molecule has 1 aliphatic heterocycles. The molecule has 3 rings (SSSR count). The fourth-order valence-corrected chi connectivity index (χ4v) is 4.30. The molecule has 28 heavy (non-hydrogen) atoms. The predicted octanol–water partition coefficient (Wildman–Crippen LogP) is 1.17. The summed E-state index contributed by atoms with van der Waals surface area (Å²) in [6, 6.07) is 3.77. The van der Waals surface area contributed by atoms with E-state index in [0.29, 0.717) is 31.0 Å². The molecule has 1 fully saturated rings. The lowest BCUT2D eigenvalue weighted by Crippen LogP contribution is -3.15. The van der Waals surface area contributed by atoms with Gasteiger partial charge in [-0.3, -0.25) is 0 Å². The van der Waals surface area contributed by atoms with Gasteiger partial charge in [-0.25, -0.2) is 4.79 Å². The van der Waals surface area contributed by atoms with Crippen molar-refractivity contribution >= 4 is 32.8 Å². The number of esters is 1. The lowest BCUT2D eigenvalue weighted by molar-refractivity contribution is -0.911. The summed E-state index contributed by atoms with van der Waals surface area (Å²) in [5.74, 6) is 0.287. The number of quaternary nitrogens is 1. The van der Waals surface area contributed by atoms with Crippen molar-refractivity contribution < 1.29 is 29.0 Å². The van der Waals surface area contributed by atoms with Gasteiger partial charge in [0.25, 0.3) is 0 Å². The molecule has 2 heterocycles. The molecule has 154 valence electrons. The molecule has 0 spiro atoms. The van der Waals surface area contributed by atoms with E-state index in [-0.39, 0.29) is 5.97 Å². The van der Waals surface area contributed by atoms with Crippen molar-refractivity contribution in [3.8, 4) is 5.75 Å². The molecule has 2 N–H and O–H groups in total. The van der Waals surface area contributed by atoms with E-state index in [2.05, 4.69) is 15.9 Å². The van der Waals surface area contributed by atoms with Gasteiger partial charge in [0.15, 0.2) is 0 Å². The van der Waals surface area contributed by atoms with Gasteiger partial charge in [-0.05, 0) is 41.9 Å². The van der Waals surface area contributed by atoms with Crippen LogP contribution >= 0.6 is 15.9 Å². The van der Waals surface area contributed by atoms with E-state index >= 15 is 0 Å². The average molecular weight is 456 g/mol. The predicted molar refractivity (Wildman–Crippen MR) is 109 cm³/mol. The number of hydrogen-bond acceptors (Lipinski definition) is 5. The first-order valence-electron chi connectivity index (χ1n) is 9.59. The number of halogens is 1. The van der Waals surface area contributed by atoms with Crippen LogP contribution in [0.5, 0.6) is 5.75 Å². The normalized spacial score (nSPS) is 16.3. The number of rotatable bonds is 7. The van der Waals surface area contributed by atoms with E-state index in [0.717, 1.165) is 47.4 Å². The molecule has 0 unspecified atom stereocenters. The van der Waals surface area contributed by atoms with Gasteiger partial charge in [-0.15, -0.1) is 0 Å². The van der Waals surface area contributed by atoms with Crippen LogP contribution in [0.4, 0.5) is 0 Å². The zero-order valence-electron chi connectivity index (χ0n) is 16.6. The van der Waals surface area contributed by atoms with Crippen molar-refractivity contribution in [3.05, 3.63) is 27.9 Å². The molecule has 7 nitrogen and oxygen atoms in total. The van der Waals surface area contributed by atoms with Crippen LogP contribution in [0, 0.1) is 6.92 Å². The van der Waals surface area contributed by atoms with E-state index in [1.54, 1.807) is 14.0 Å². The van der Waals surface area contributed by atoms with Crippen LogP contribution in [0.25, 0.3) is 10.9 Å². The molecule has 1 aromatic heterocycles. The highest BCUT2D eigenvalue weighted by Crippen LogP contribution is 2.35. The number of benzene rings is 1. The Morgan fingerprint density at radius 1 is 1.39 bits per heavy atom. The van der Waals surface area contributed by atoms with Crippen LogP contribution in [0.3, 0.4) is 0 Å². The lowest BCUT2D eigenvalue weighted by Gasteiger charge is -2.26. The Hall–Kier alpha value is -1.61. The summed E-state index contributed by atoms with van der Waals surface area (Å²) >= 11 is 3.52. The number of aliphatic hydroxyl groups excluding tert-OH is 1. The molecule has 0 radical (unpaired) electrons. The van der Waals surface area contributed by atoms with E-state index in [9.17, 15) is 9.90 Å². The van der Waals surface area contributed by atoms with Gasteiger partial charge >= 0.3 is 5.97 Å². The molecule has 0 amide bonds. The number of methoxy groups -OCH3 is 1. The number of aliphatic hydroxyl groups is 1. The highest BCUT2D eigenvalue weighted by atomic mass is 79.9. The Labute approximate surface area is 173 Å². The second kappa shape index (κ2) is 9.26. The highest BCUT2D eigenvalue weighted by Gasteiger charge is 2.25. The first-order chi connectivity index (χ1) is 13.5. The zero-order valence-corrected chi connectivity index (χ0v) is 18.2. The Morgan fingerprint density at radius 3 is 2.75 bits per heavy atom. The maximum atomic E-state index is 12.6. The molecule has 8 heteroatoms. The summed E-state index contributed by atoms with van der Waals surface area (Å²) in [7, 11) is 1.59. The molecule has 1 saturated heterocycles. The SMILES string of the molecule is CCOC(=O)c1c(C)n(C[C@@H](O)C[NH+]2CCOCC2)c2cc(Br)c(OC)cc12. The number of nitrogens with zero attached hydrogens (tertiary/aromatic N) is 1. The van der Waals surface area contributed by atoms with Crippen LogP contribution in [0.15, 0.2) is 16.6 Å². The van der Waals surface area contributed by atoms with Gasteiger partial charge in [-0.1, -0.05) is 0 Å². The molecular weight excluding hydrogens is 428 g/mol. The molecule has 1 aromatic carbocycles. The molecule has 0 bridgehead atoms. The van der Waals surface area contributed by atoms with Gasteiger partial charge in [-0.2, -0.15) is 0 Å². The van der Waals surface area contributed by atoms with Crippen molar-refractivity contribution in [1.29, 1.82) is 0 Å². The number of carbonyl (C=O) groups is 1. The molecule has 0 saturated carbocycles. The largest absolute Gasteiger partial charge is 0.496 e. The van der Waals surface area contributed by atoms with E-state index < -0.39 is 6.10 Å². The van der Waals surface area contributed by atoms with Crippen molar-refractivity contribution in [3.63, 3.8) is 0 Å². The maximum Gasteiger partial charge on any atom is 0.340 e. The first-order valence-corrected chi connectivity index (χ1v) is 10.4. The molecule has 1 aliphatic rings. The highest BCUT2D eigenvalue weighted by molar-refractivity contribution is 9.10. The van der Waals surface area contributed by atoms with Crippen LogP contribution in [-0.2, 0) is 16.0 Å². The minimum atomic E-state index is -0.529. The molecular formula is C20H28BrN2O5+. The number of aromatic nitrogens is 1. The van der Waals surface area contributed by atoms with Gasteiger partial charge in [0, 0.05) is 11.1 Å². The van der Waals surface area contributed by atoms with Crippen LogP contribution in [0.1, 0.15) is 23.0 Å². The number of carbonyl (C=O) groups excluding carboxylic acids is 1. The van der Waals surface area contributed by atoms with E-state index in [1.807, 2.05) is 23.6 Å². The third-order valence-electron chi connectivity index (χ3n) is 5.19. The third-order valence-corrected chi connectivity index (χ3v) is 5.81. The maximum absolute atomic E-state index is 12.6. The lowest BCUT2D eigenvalue weighted by atomic mass is 10.1. The minimum Gasteiger partial charge on any atom is -0.496 e. The Morgan fingerprint density at radius 2 is 2.11 bits per heavy atom. The number of ether oxygens (including phenoxy) is 3. The molecule has 2 aromatic rings. The van der Waals surface area contributed by atoms with Crippen molar-refractivity contribution in [2.75, 3.05) is 46.6 Å². The first kappa shape index (κ1) is 21.1. The van der Waals surface area contributed by atoms with Crippen LogP contribution < -0.4 is 9.64 Å². The van der Waals surface area contributed by atoms with E-state index in [1.165, 1.54) is 4.90 Å². The Bertz CT molecular complexity index is 845. The minimum absolute atomic E-state index is 0.307. The zero-order chi connectivity index (χ0) is 20.3. The van der Waals surface area contributed by atoms with Gasteiger partial charge in [0.1, 0.15) is 31.5 Å². The summed E-state index contributed by atoms with van der Waals surface area (Å²) in [5, 5.41) is 11.5. The Balaban J connectivity index is 1.97. The fourth-order valence-electron chi connectivity index (χ4n) is 3.80. The molecule has 0 aliphatic carbocycles. The summed E-state index contributed by atoms with van der Waals surface area (Å²) < 4.78 is 18.9. The second-order valence-electron chi connectivity index (χ2n) is 7.02. The van der Waals surface area contributed by atoms with Gasteiger partial charge in [0.2, 0.25) is 0 Å². The third kappa shape index (κ3) is 4.35. The van der Waals surface area contributed by atoms with Crippen molar-refractivity contribution in [1.82, 2.24) is 4.57 Å². The number of morpholine rings is 1. The standard InChI is InChI=1S/C20H27BrN2O5/c1-4-28-20(25)19-13(2)23(12-14(24)11-22-5-7-27-8-6-22)17-10-16(21)18(26-3)9-15(17)19/h9-10,14,24H,4-8,11-12H2,1-3H3/p+1/t14-/m0/s1. The Kier molecular flexibility index (Phi) is 6.98. The number of fused-ring (bicyclic) bond motifs is 1. The van der Waals surface area contributed by atoms with Gasteiger partial charge in [0.05, 0.1) is 49.0 Å². The van der Waals surface area contributed by atoms with Crippen molar-refractivity contribution in [2.45, 2.75) is 26.5 Å². The van der Waals surface area contributed by atoms with Crippen LogP contribution in [0.2, 0.25) is 0 Å². The fraction of sp³-hybridized carbons (Fsp3) is 0.550. The van der Waals surface area contributed by atoms with E-state index in [4.69, 9.17) is 14.2 Å². The van der Waals surface area contributed by atoms with Crippen LogP contribution in [-0.4, -0.2) is 68.3 Å². The molecule has 1 atom stereocenters. The summed E-state index contributed by atoms with van der Waals surface area (Å²) in [4.78, 5) is 13.9. The summed E-state index contributed by atoms with van der Waals surface area (Å²) in [5.41, 5.74) is 2.17. The summed E-state index contributed by atoms with van der Waals surface area (Å²) in [6.45, 7) is 8.31. The monoisotopic (exact) mass is 455 g/mol. The second-order valence-corrected chi connectivity index (χ2v) is 7.87. The average Bonchev–Trinajstić information content (AvgIpc) is 2.93. The smallest absolute Gasteiger partial charge is 0.340 e. The topological polar surface area (TPSA) is 74.4 Å². The quantitative estimate of drug-likeness (QED) is 0.613. The number of hydrogen-bond donors (Lipinski definition) is 2. The number of nitrogens with one attached hydrogen (secondary N) is 1. The van der Waals surface area contributed by atoms with Gasteiger partial charge < -0.3 is 28.8 Å².